The van der Waals surface area contributed by atoms with Gasteiger partial charge in [-0.3, -0.25) is 4.90 Å². The SMILES string of the molecule is O=C(N1CCC(c2ccccc2Cl)C1)N1CCOc2ccccc21. The van der Waals surface area contributed by atoms with Gasteiger partial charge in [-0.15, -0.1) is 0 Å². The zero-order chi connectivity index (χ0) is 16.5. The van der Waals surface area contributed by atoms with E-state index < -0.39 is 0 Å². The first kappa shape index (κ1) is 15.3. The maximum absolute atomic E-state index is 13.0. The highest BCUT2D eigenvalue weighted by Crippen LogP contribution is 2.35. The molecular weight excluding hydrogens is 324 g/mol. The summed E-state index contributed by atoms with van der Waals surface area (Å²) in [7, 11) is 0. The second-order valence-electron chi connectivity index (χ2n) is 6.20. The fourth-order valence-electron chi connectivity index (χ4n) is 3.53. The number of benzene rings is 2. The number of carbonyl (C=O) groups is 1. The number of ether oxygens (including phenoxy) is 1. The van der Waals surface area contributed by atoms with Gasteiger partial charge in [0.1, 0.15) is 12.4 Å². The van der Waals surface area contributed by atoms with Crippen LogP contribution in [0.25, 0.3) is 0 Å². The molecule has 1 atom stereocenters. The lowest BCUT2D eigenvalue weighted by molar-refractivity contribution is 0.209. The molecule has 0 radical (unpaired) electrons. The van der Waals surface area contributed by atoms with Gasteiger partial charge in [-0.1, -0.05) is 41.9 Å². The summed E-state index contributed by atoms with van der Waals surface area (Å²) in [5, 5.41) is 0.786. The number of urea groups is 1. The molecule has 4 rings (SSSR count). The van der Waals surface area contributed by atoms with Gasteiger partial charge in [0.05, 0.1) is 12.2 Å². The Hall–Kier alpha value is -2.20. The van der Waals surface area contributed by atoms with Crippen molar-refractivity contribution in [3.05, 3.63) is 59.1 Å². The first-order valence-corrected chi connectivity index (χ1v) is 8.64. The van der Waals surface area contributed by atoms with E-state index in [4.69, 9.17) is 16.3 Å². The molecule has 2 aliphatic heterocycles. The monoisotopic (exact) mass is 342 g/mol. The normalized spacial score (nSPS) is 19.8. The lowest BCUT2D eigenvalue weighted by Gasteiger charge is -2.32. The summed E-state index contributed by atoms with van der Waals surface area (Å²) in [5.41, 5.74) is 1.99. The van der Waals surface area contributed by atoms with Gasteiger partial charge >= 0.3 is 6.03 Å². The van der Waals surface area contributed by atoms with Gasteiger partial charge < -0.3 is 9.64 Å². The van der Waals surface area contributed by atoms with Gasteiger partial charge in [-0.05, 0) is 30.2 Å². The summed E-state index contributed by atoms with van der Waals surface area (Å²) in [6.45, 7) is 2.59. The second kappa shape index (κ2) is 6.36. The van der Waals surface area contributed by atoms with Gasteiger partial charge in [-0.25, -0.2) is 4.79 Å². The van der Waals surface area contributed by atoms with Crippen molar-refractivity contribution in [2.75, 3.05) is 31.1 Å². The zero-order valence-electron chi connectivity index (χ0n) is 13.3. The first-order valence-electron chi connectivity index (χ1n) is 8.27. The quantitative estimate of drug-likeness (QED) is 0.780. The van der Waals surface area contributed by atoms with Crippen molar-refractivity contribution in [3.63, 3.8) is 0 Å². The molecule has 1 fully saturated rings. The van der Waals surface area contributed by atoms with Crippen molar-refractivity contribution in [1.82, 2.24) is 4.90 Å². The van der Waals surface area contributed by atoms with Crippen LogP contribution in [0.3, 0.4) is 0 Å². The molecule has 0 N–H and O–H groups in total. The molecule has 2 aromatic rings. The highest BCUT2D eigenvalue weighted by molar-refractivity contribution is 6.31. The molecule has 24 heavy (non-hydrogen) atoms. The Labute approximate surface area is 146 Å². The maximum atomic E-state index is 13.0. The number of rotatable bonds is 1. The van der Waals surface area contributed by atoms with Crippen molar-refractivity contribution in [2.45, 2.75) is 12.3 Å². The number of halogens is 1. The zero-order valence-corrected chi connectivity index (χ0v) is 14.1. The van der Waals surface area contributed by atoms with Crippen LogP contribution in [0.4, 0.5) is 10.5 Å². The van der Waals surface area contributed by atoms with Crippen LogP contribution in [-0.4, -0.2) is 37.2 Å². The third-order valence-corrected chi connectivity index (χ3v) is 5.11. The molecule has 0 aliphatic carbocycles. The van der Waals surface area contributed by atoms with Crippen LogP contribution in [0, 0.1) is 0 Å². The molecule has 1 saturated heterocycles. The molecule has 5 heteroatoms. The molecule has 0 spiro atoms. The topological polar surface area (TPSA) is 32.8 Å². The highest BCUT2D eigenvalue weighted by atomic mass is 35.5. The summed E-state index contributed by atoms with van der Waals surface area (Å²) in [4.78, 5) is 16.7. The standard InChI is InChI=1S/C19H19ClN2O2/c20-16-6-2-1-5-15(16)14-9-10-21(13-14)19(23)22-11-12-24-18-8-4-3-7-17(18)22/h1-8,14H,9-13H2. The van der Waals surface area contributed by atoms with E-state index >= 15 is 0 Å². The van der Waals surface area contributed by atoms with Crippen LogP contribution in [0.15, 0.2) is 48.5 Å². The molecule has 2 heterocycles. The third kappa shape index (κ3) is 2.71. The summed E-state index contributed by atoms with van der Waals surface area (Å²) in [6, 6.07) is 15.7. The van der Waals surface area contributed by atoms with Crippen molar-refractivity contribution in [3.8, 4) is 5.75 Å². The summed E-state index contributed by atoms with van der Waals surface area (Å²) >= 11 is 6.32. The molecule has 0 saturated carbocycles. The number of nitrogens with zero attached hydrogens (tertiary/aromatic N) is 2. The molecule has 2 aliphatic rings. The Morgan fingerprint density at radius 1 is 1.08 bits per heavy atom. The second-order valence-corrected chi connectivity index (χ2v) is 6.61. The Bertz CT molecular complexity index is 765. The van der Waals surface area contributed by atoms with E-state index in [0.717, 1.165) is 35.0 Å². The number of hydrogen-bond donors (Lipinski definition) is 0. The van der Waals surface area contributed by atoms with Crippen LogP contribution in [-0.2, 0) is 0 Å². The number of anilines is 1. The van der Waals surface area contributed by atoms with Crippen LogP contribution in [0.5, 0.6) is 5.75 Å². The van der Waals surface area contributed by atoms with Crippen molar-refractivity contribution in [2.24, 2.45) is 0 Å². The average molecular weight is 343 g/mol. The minimum atomic E-state index is 0.0558. The highest BCUT2D eigenvalue weighted by Gasteiger charge is 2.33. The number of para-hydroxylation sites is 2. The third-order valence-electron chi connectivity index (χ3n) is 4.76. The summed E-state index contributed by atoms with van der Waals surface area (Å²) in [6.07, 6.45) is 0.946. The van der Waals surface area contributed by atoms with E-state index in [9.17, 15) is 4.79 Å². The van der Waals surface area contributed by atoms with E-state index in [1.807, 2.05) is 52.3 Å². The van der Waals surface area contributed by atoms with Crippen LogP contribution in [0.2, 0.25) is 5.02 Å². The van der Waals surface area contributed by atoms with E-state index in [-0.39, 0.29) is 6.03 Å². The van der Waals surface area contributed by atoms with E-state index in [0.29, 0.717) is 25.6 Å². The van der Waals surface area contributed by atoms with E-state index in [1.54, 1.807) is 0 Å². The summed E-state index contributed by atoms with van der Waals surface area (Å²) < 4.78 is 5.64. The predicted molar refractivity (Wildman–Crippen MR) is 95.1 cm³/mol. The molecule has 0 aromatic heterocycles. The molecule has 1 unspecified atom stereocenters. The Morgan fingerprint density at radius 2 is 1.88 bits per heavy atom. The predicted octanol–water partition coefficient (Wildman–Crippen LogP) is 4.15. The molecule has 0 bridgehead atoms. The molecule has 4 nitrogen and oxygen atoms in total. The Balaban J connectivity index is 1.52. The van der Waals surface area contributed by atoms with Crippen molar-refractivity contribution in [1.29, 1.82) is 0 Å². The molecular formula is C19H19ClN2O2. The maximum Gasteiger partial charge on any atom is 0.324 e. The van der Waals surface area contributed by atoms with Gasteiger partial charge in [0.25, 0.3) is 0 Å². The fraction of sp³-hybridized carbons (Fsp3) is 0.316. The Morgan fingerprint density at radius 3 is 2.75 bits per heavy atom. The van der Waals surface area contributed by atoms with Crippen LogP contribution in [0.1, 0.15) is 17.9 Å². The Kier molecular flexibility index (Phi) is 4.07. The van der Waals surface area contributed by atoms with Crippen LogP contribution >= 0.6 is 11.6 Å². The van der Waals surface area contributed by atoms with Gasteiger partial charge in [0, 0.05) is 24.0 Å². The number of amides is 2. The molecule has 124 valence electrons. The van der Waals surface area contributed by atoms with Crippen molar-refractivity contribution < 1.29 is 9.53 Å². The molecule has 2 aromatic carbocycles. The summed E-state index contributed by atoms with van der Waals surface area (Å²) in [5.74, 6) is 1.08. The van der Waals surface area contributed by atoms with Gasteiger partial charge in [-0.2, -0.15) is 0 Å². The number of hydrogen-bond acceptors (Lipinski definition) is 2. The van der Waals surface area contributed by atoms with E-state index in [1.165, 1.54) is 0 Å². The molecule has 2 amide bonds. The smallest absolute Gasteiger partial charge is 0.324 e. The van der Waals surface area contributed by atoms with Gasteiger partial charge in [0.15, 0.2) is 0 Å². The lowest BCUT2D eigenvalue weighted by Crippen LogP contribution is -2.45. The van der Waals surface area contributed by atoms with E-state index in [2.05, 4.69) is 6.07 Å². The number of likely N-dealkylation sites (tertiary alicyclic amines) is 1. The van der Waals surface area contributed by atoms with Gasteiger partial charge in [0.2, 0.25) is 0 Å². The number of carbonyl (C=O) groups excluding carboxylic acids is 1. The number of fused-ring (bicyclic) bond motifs is 1. The fourth-order valence-corrected chi connectivity index (χ4v) is 3.82. The first-order chi connectivity index (χ1) is 11.7. The minimum absolute atomic E-state index is 0.0558. The average Bonchev–Trinajstić information content (AvgIpc) is 3.11. The van der Waals surface area contributed by atoms with Crippen LogP contribution < -0.4 is 9.64 Å². The minimum Gasteiger partial charge on any atom is -0.490 e. The largest absolute Gasteiger partial charge is 0.490 e. The lowest BCUT2D eigenvalue weighted by atomic mass is 9.98. The van der Waals surface area contributed by atoms with Crippen molar-refractivity contribution >= 4 is 23.3 Å².